The van der Waals surface area contributed by atoms with E-state index in [-0.39, 0.29) is 12.2 Å². The van der Waals surface area contributed by atoms with Gasteiger partial charge in [-0.1, -0.05) is 28.1 Å². The van der Waals surface area contributed by atoms with Crippen LogP contribution in [0.25, 0.3) is 0 Å². The van der Waals surface area contributed by atoms with E-state index in [1.54, 1.807) is 30.3 Å². The summed E-state index contributed by atoms with van der Waals surface area (Å²) in [6.45, 7) is 0. The van der Waals surface area contributed by atoms with Gasteiger partial charge in [0, 0.05) is 22.4 Å². The summed E-state index contributed by atoms with van der Waals surface area (Å²) in [5.74, 6) is -1.92. The molecule has 1 heterocycles. The van der Waals surface area contributed by atoms with Crippen molar-refractivity contribution in [3.8, 4) is 0 Å². The van der Waals surface area contributed by atoms with Crippen molar-refractivity contribution in [3.63, 3.8) is 0 Å². The van der Waals surface area contributed by atoms with Crippen LogP contribution < -0.4 is 0 Å². The highest BCUT2D eigenvalue weighted by atomic mass is 79.9. The van der Waals surface area contributed by atoms with Gasteiger partial charge in [-0.2, -0.15) is 0 Å². The maximum Gasteiger partial charge on any atom is 0.304 e. The monoisotopic (exact) mass is 333 g/mol. The zero-order chi connectivity index (χ0) is 14.5. The highest BCUT2D eigenvalue weighted by molar-refractivity contribution is 9.10. The molecule has 0 fully saturated rings. The number of Topliss-reactive ketones (excluding diaryl/α,β-unsaturated/α-hetero) is 1. The number of hydrogen-bond acceptors (Lipinski definition) is 3. The fraction of sp³-hybridized carbons (Fsp3) is 0.133. The number of nitrogens with zero attached hydrogens (tertiary/aromatic N) is 1. The molecule has 1 aromatic heterocycles. The summed E-state index contributed by atoms with van der Waals surface area (Å²) in [5.41, 5.74) is 1.15. The first-order chi connectivity index (χ1) is 9.58. The average Bonchev–Trinajstić information content (AvgIpc) is 2.45. The van der Waals surface area contributed by atoms with E-state index in [2.05, 4.69) is 20.9 Å². The van der Waals surface area contributed by atoms with E-state index < -0.39 is 11.9 Å². The molecule has 0 radical (unpaired) electrons. The third kappa shape index (κ3) is 3.51. The van der Waals surface area contributed by atoms with Crippen molar-refractivity contribution in [2.45, 2.75) is 12.3 Å². The van der Waals surface area contributed by atoms with Crippen molar-refractivity contribution in [2.24, 2.45) is 0 Å². The van der Waals surface area contributed by atoms with Crippen molar-refractivity contribution < 1.29 is 14.7 Å². The van der Waals surface area contributed by atoms with Crippen LogP contribution in [0.4, 0.5) is 0 Å². The lowest BCUT2D eigenvalue weighted by atomic mass is 9.88. The third-order valence-electron chi connectivity index (χ3n) is 2.91. The summed E-state index contributed by atoms with van der Waals surface area (Å²) in [4.78, 5) is 27.4. The topological polar surface area (TPSA) is 67.3 Å². The Morgan fingerprint density at radius 2 is 1.90 bits per heavy atom. The molecule has 1 atom stereocenters. The number of carbonyl (C=O) groups is 2. The minimum atomic E-state index is -1.00. The maximum absolute atomic E-state index is 12.5. The molecule has 5 heteroatoms. The van der Waals surface area contributed by atoms with Crippen molar-refractivity contribution >= 4 is 27.7 Å². The SMILES string of the molecule is O=C(O)CC(C(=O)c1ccncc1)c1cccc(Br)c1. The molecular formula is C15H12BrNO3. The molecule has 1 aromatic carbocycles. The molecule has 0 aliphatic carbocycles. The van der Waals surface area contributed by atoms with Crippen molar-refractivity contribution in [3.05, 3.63) is 64.4 Å². The van der Waals surface area contributed by atoms with Gasteiger partial charge in [-0.25, -0.2) is 0 Å². The van der Waals surface area contributed by atoms with Gasteiger partial charge in [-0.3, -0.25) is 14.6 Å². The highest BCUT2D eigenvalue weighted by Crippen LogP contribution is 2.26. The molecule has 0 spiro atoms. The van der Waals surface area contributed by atoms with Crippen LogP contribution in [0.3, 0.4) is 0 Å². The molecule has 0 saturated heterocycles. The molecule has 102 valence electrons. The summed E-state index contributed by atoms with van der Waals surface area (Å²) in [6, 6.07) is 10.3. The van der Waals surface area contributed by atoms with Gasteiger partial charge < -0.3 is 5.11 Å². The molecule has 1 N–H and O–H groups in total. The van der Waals surface area contributed by atoms with Crippen molar-refractivity contribution in [1.29, 1.82) is 0 Å². The van der Waals surface area contributed by atoms with Crippen molar-refractivity contribution in [2.75, 3.05) is 0 Å². The number of carboxylic acids is 1. The molecular weight excluding hydrogens is 322 g/mol. The molecule has 0 bridgehead atoms. The predicted octanol–water partition coefficient (Wildman–Crippen LogP) is 3.29. The van der Waals surface area contributed by atoms with Crippen LogP contribution in [-0.4, -0.2) is 21.8 Å². The second-order valence-corrected chi connectivity index (χ2v) is 5.22. The molecule has 0 saturated carbocycles. The highest BCUT2D eigenvalue weighted by Gasteiger charge is 2.24. The molecule has 4 nitrogen and oxygen atoms in total. The van der Waals surface area contributed by atoms with Gasteiger partial charge in [-0.05, 0) is 29.8 Å². The Balaban J connectivity index is 2.38. The number of aromatic nitrogens is 1. The molecule has 0 aliphatic heterocycles. The quantitative estimate of drug-likeness (QED) is 0.852. The number of hydrogen-bond donors (Lipinski definition) is 1. The van der Waals surface area contributed by atoms with Gasteiger partial charge in [0.25, 0.3) is 0 Å². The van der Waals surface area contributed by atoms with Gasteiger partial charge in [-0.15, -0.1) is 0 Å². The summed E-state index contributed by atoms with van der Waals surface area (Å²) in [5, 5.41) is 9.03. The first-order valence-electron chi connectivity index (χ1n) is 5.99. The number of carbonyl (C=O) groups excluding carboxylic acids is 1. The largest absolute Gasteiger partial charge is 0.481 e. The summed E-state index contributed by atoms with van der Waals surface area (Å²) in [7, 11) is 0. The zero-order valence-electron chi connectivity index (χ0n) is 10.5. The number of rotatable bonds is 5. The van der Waals surface area contributed by atoms with Gasteiger partial charge in [0.15, 0.2) is 5.78 Å². The Labute approximate surface area is 124 Å². The Morgan fingerprint density at radius 1 is 1.20 bits per heavy atom. The van der Waals surface area contributed by atoms with Crippen LogP contribution in [0, 0.1) is 0 Å². The van der Waals surface area contributed by atoms with Gasteiger partial charge >= 0.3 is 5.97 Å². The van der Waals surface area contributed by atoms with Gasteiger partial charge in [0.2, 0.25) is 0 Å². The van der Waals surface area contributed by atoms with Crippen LogP contribution in [0.2, 0.25) is 0 Å². The number of halogens is 1. The van der Waals surface area contributed by atoms with Gasteiger partial charge in [0.1, 0.15) is 0 Å². The van der Waals surface area contributed by atoms with Crippen LogP contribution in [0.1, 0.15) is 28.3 Å². The summed E-state index contributed by atoms with van der Waals surface area (Å²) in [6.07, 6.45) is 2.80. The molecule has 0 amide bonds. The average molecular weight is 334 g/mol. The number of carboxylic acid groups (broad SMARTS) is 1. The third-order valence-corrected chi connectivity index (χ3v) is 3.40. The normalized spacial score (nSPS) is 11.8. The fourth-order valence-electron chi connectivity index (χ4n) is 1.98. The maximum atomic E-state index is 12.5. The smallest absolute Gasteiger partial charge is 0.304 e. The van der Waals surface area contributed by atoms with Crippen molar-refractivity contribution in [1.82, 2.24) is 4.98 Å². The zero-order valence-corrected chi connectivity index (χ0v) is 12.1. The van der Waals surface area contributed by atoms with E-state index in [0.29, 0.717) is 11.1 Å². The van der Waals surface area contributed by atoms with E-state index in [4.69, 9.17) is 5.11 Å². The van der Waals surface area contributed by atoms with Crippen LogP contribution >= 0.6 is 15.9 Å². The summed E-state index contributed by atoms with van der Waals surface area (Å²) >= 11 is 3.33. The number of aliphatic carboxylic acids is 1. The Kier molecular flexibility index (Phi) is 4.63. The van der Waals surface area contributed by atoms with Crippen LogP contribution in [0.15, 0.2) is 53.3 Å². The number of benzene rings is 1. The van der Waals surface area contributed by atoms with E-state index >= 15 is 0 Å². The Bertz CT molecular complexity index is 628. The van der Waals surface area contributed by atoms with E-state index in [1.165, 1.54) is 12.4 Å². The predicted molar refractivity (Wildman–Crippen MR) is 77.7 cm³/mol. The van der Waals surface area contributed by atoms with E-state index in [9.17, 15) is 9.59 Å². The lowest BCUT2D eigenvalue weighted by Crippen LogP contribution is -2.17. The van der Waals surface area contributed by atoms with Crippen LogP contribution in [0.5, 0.6) is 0 Å². The first-order valence-corrected chi connectivity index (χ1v) is 6.78. The molecule has 1 unspecified atom stereocenters. The fourth-order valence-corrected chi connectivity index (χ4v) is 2.39. The minimum Gasteiger partial charge on any atom is -0.481 e. The first kappa shape index (κ1) is 14.4. The Hall–Kier alpha value is -2.01. The molecule has 2 aromatic rings. The van der Waals surface area contributed by atoms with E-state index in [1.807, 2.05) is 6.07 Å². The standard InChI is InChI=1S/C15H12BrNO3/c16-12-3-1-2-11(8-12)13(9-14(18)19)15(20)10-4-6-17-7-5-10/h1-8,13H,9H2,(H,18,19). The molecule has 0 aliphatic rings. The second-order valence-electron chi connectivity index (χ2n) is 4.31. The number of pyridine rings is 1. The summed E-state index contributed by atoms with van der Waals surface area (Å²) < 4.78 is 0.813. The number of ketones is 1. The Morgan fingerprint density at radius 3 is 2.50 bits per heavy atom. The minimum absolute atomic E-state index is 0.215. The van der Waals surface area contributed by atoms with Gasteiger partial charge in [0.05, 0.1) is 12.3 Å². The van der Waals surface area contributed by atoms with E-state index in [0.717, 1.165) is 4.47 Å². The molecule has 2 rings (SSSR count). The second kappa shape index (κ2) is 6.43. The van der Waals surface area contributed by atoms with Crippen LogP contribution in [-0.2, 0) is 4.79 Å². The lowest BCUT2D eigenvalue weighted by Gasteiger charge is -2.14. The molecule has 20 heavy (non-hydrogen) atoms. The lowest BCUT2D eigenvalue weighted by molar-refractivity contribution is -0.137.